The molecule has 5 rings (SSSR count). The second-order valence-corrected chi connectivity index (χ2v) is 13.2. The van der Waals surface area contributed by atoms with Crippen molar-refractivity contribution < 1.29 is 19.1 Å². The summed E-state index contributed by atoms with van der Waals surface area (Å²) < 4.78 is 7.32. The molecule has 44 heavy (non-hydrogen) atoms. The molecule has 1 aliphatic heterocycles. The number of benzene rings is 1. The number of carbonyl (C=O) groups excluding carboxylic acids is 2. The fourth-order valence-electron chi connectivity index (χ4n) is 5.25. The molecule has 4 aromatic rings. The summed E-state index contributed by atoms with van der Waals surface area (Å²) in [5, 5.41) is 25.4. The molecule has 12 heteroatoms. The number of imidazole rings is 1. The summed E-state index contributed by atoms with van der Waals surface area (Å²) in [6.07, 6.45) is 6.26. The van der Waals surface area contributed by atoms with E-state index in [0.29, 0.717) is 41.7 Å². The number of rotatable bonds is 10. The molecule has 1 aromatic carbocycles. The molecule has 1 saturated heterocycles. The zero-order valence-corrected chi connectivity index (χ0v) is 26.1. The van der Waals surface area contributed by atoms with Crippen LogP contribution >= 0.6 is 11.3 Å². The van der Waals surface area contributed by atoms with Crippen molar-refractivity contribution >= 4 is 40.1 Å². The Bertz CT molecular complexity index is 1710. The van der Waals surface area contributed by atoms with Crippen LogP contribution < -0.4 is 10.6 Å². The Morgan fingerprint density at radius 2 is 2.11 bits per heavy atom. The highest BCUT2D eigenvalue weighted by Crippen LogP contribution is 2.30. The van der Waals surface area contributed by atoms with Gasteiger partial charge in [-0.15, -0.1) is 11.3 Å². The number of nitrogens with one attached hydrogen (secondary N) is 2. The number of oxazole rings is 1. The van der Waals surface area contributed by atoms with E-state index in [1.165, 1.54) is 17.7 Å². The Hall–Kier alpha value is -4.31. The second-order valence-electron chi connectivity index (χ2n) is 12.1. The lowest BCUT2D eigenvalue weighted by atomic mass is 9.93. The minimum absolute atomic E-state index is 0.0307. The minimum Gasteiger partial charge on any atom is -0.443 e. The molecule has 1 aliphatic rings. The van der Waals surface area contributed by atoms with E-state index in [1.54, 1.807) is 23.2 Å². The zero-order valence-electron chi connectivity index (χ0n) is 25.3. The SMILES string of the molecule is CC(CO)NCc1ccc2c(c1)nc(NC(=O)c1ccc(-c3cnco3)s1)n2C[C@H]1CCCN1C(=O)/C(C#N)=C/C(C)(C)C. The first-order chi connectivity index (χ1) is 21.1. The van der Waals surface area contributed by atoms with Crippen LogP contribution in [-0.2, 0) is 17.9 Å². The van der Waals surface area contributed by atoms with Gasteiger partial charge in [0.2, 0.25) is 5.95 Å². The highest BCUT2D eigenvalue weighted by molar-refractivity contribution is 7.17. The Morgan fingerprint density at radius 3 is 2.82 bits per heavy atom. The van der Waals surface area contributed by atoms with Crippen molar-refractivity contribution in [3.05, 3.63) is 65.0 Å². The lowest BCUT2D eigenvalue weighted by Crippen LogP contribution is -2.39. The second kappa shape index (κ2) is 13.1. The molecule has 0 aliphatic carbocycles. The maximum atomic E-state index is 13.5. The van der Waals surface area contributed by atoms with Gasteiger partial charge in [0.15, 0.2) is 12.2 Å². The minimum atomic E-state index is -0.315. The number of allylic oxidation sites excluding steroid dienone is 1. The van der Waals surface area contributed by atoms with E-state index < -0.39 is 0 Å². The third-order valence-corrected chi connectivity index (χ3v) is 8.53. The third kappa shape index (κ3) is 7.07. The number of anilines is 1. The normalized spacial score (nSPS) is 16.3. The average molecular weight is 616 g/mol. The number of aromatic nitrogens is 3. The highest BCUT2D eigenvalue weighted by atomic mass is 32.1. The van der Waals surface area contributed by atoms with Crippen molar-refractivity contribution in [2.45, 2.75) is 65.7 Å². The molecule has 3 N–H and O–H groups in total. The fourth-order valence-corrected chi connectivity index (χ4v) is 6.10. The Balaban J connectivity index is 1.45. The van der Waals surface area contributed by atoms with Crippen LogP contribution in [0, 0.1) is 16.7 Å². The fraction of sp³-hybridized carbons (Fsp3) is 0.406. The standard InChI is InChI=1S/C32H37N7O4S/c1-20(18-40)35-15-21-7-8-25-24(12-21)36-31(37-29(41)28-10-9-27(44-28)26-16-34-19-43-26)39(25)17-23-6-5-11-38(23)30(42)22(14-33)13-32(2,3)4/h7-10,12-13,16,19-20,23,35,40H,5-6,11,15,17-18H2,1-4H3,(H,36,37,41)/b22-13+/t20?,23-/m1/s1. The Kier molecular flexibility index (Phi) is 9.29. The van der Waals surface area contributed by atoms with Crippen LogP contribution in [0.15, 0.2) is 59.0 Å². The summed E-state index contributed by atoms with van der Waals surface area (Å²) in [5.41, 5.74) is 2.33. The summed E-state index contributed by atoms with van der Waals surface area (Å²) in [4.78, 5) is 38.8. The van der Waals surface area contributed by atoms with Gasteiger partial charge in [0, 0.05) is 25.7 Å². The van der Waals surface area contributed by atoms with E-state index in [4.69, 9.17) is 9.40 Å². The summed E-state index contributed by atoms with van der Waals surface area (Å²) in [7, 11) is 0. The first-order valence-electron chi connectivity index (χ1n) is 14.6. The van der Waals surface area contributed by atoms with Gasteiger partial charge in [-0.05, 0) is 55.0 Å². The van der Waals surface area contributed by atoms with Gasteiger partial charge < -0.3 is 24.3 Å². The van der Waals surface area contributed by atoms with Gasteiger partial charge in [-0.1, -0.05) is 32.9 Å². The maximum absolute atomic E-state index is 13.5. The topological polar surface area (TPSA) is 149 Å². The number of aliphatic hydroxyl groups excluding tert-OH is 1. The van der Waals surface area contributed by atoms with Gasteiger partial charge in [0.05, 0.1) is 39.6 Å². The first kappa shape index (κ1) is 31.1. The van der Waals surface area contributed by atoms with Crippen LogP contribution in [0.5, 0.6) is 0 Å². The lowest BCUT2D eigenvalue weighted by Gasteiger charge is -2.26. The van der Waals surface area contributed by atoms with Gasteiger partial charge in [-0.2, -0.15) is 5.26 Å². The molecule has 1 unspecified atom stereocenters. The van der Waals surface area contributed by atoms with Gasteiger partial charge in [-0.25, -0.2) is 9.97 Å². The average Bonchev–Trinajstić information content (AvgIpc) is 3.81. The molecule has 3 aromatic heterocycles. The van der Waals surface area contributed by atoms with Crippen LogP contribution in [0.1, 0.15) is 55.8 Å². The van der Waals surface area contributed by atoms with Crippen molar-refractivity contribution in [2.24, 2.45) is 5.41 Å². The van der Waals surface area contributed by atoms with E-state index in [9.17, 15) is 20.0 Å². The molecule has 0 radical (unpaired) electrons. The van der Waals surface area contributed by atoms with E-state index >= 15 is 0 Å². The van der Waals surface area contributed by atoms with Gasteiger partial charge in [-0.3, -0.25) is 14.9 Å². The number of carbonyl (C=O) groups is 2. The van der Waals surface area contributed by atoms with Crippen molar-refractivity contribution in [3.8, 4) is 16.7 Å². The van der Waals surface area contributed by atoms with Crippen LogP contribution in [-0.4, -0.2) is 61.6 Å². The molecular formula is C32H37N7O4S. The number of nitriles is 1. The monoisotopic (exact) mass is 615 g/mol. The molecule has 0 saturated carbocycles. The summed E-state index contributed by atoms with van der Waals surface area (Å²) in [6, 6.07) is 11.3. The number of thiophene rings is 1. The number of aliphatic hydroxyl groups is 1. The lowest BCUT2D eigenvalue weighted by molar-refractivity contribution is -0.127. The Labute approximate surface area is 260 Å². The maximum Gasteiger partial charge on any atom is 0.268 e. The van der Waals surface area contributed by atoms with Crippen LogP contribution in [0.2, 0.25) is 0 Å². The number of likely N-dealkylation sites (tertiary alicyclic amines) is 1. The van der Waals surface area contributed by atoms with E-state index in [-0.39, 0.29) is 41.5 Å². The van der Waals surface area contributed by atoms with Crippen molar-refractivity contribution in [3.63, 3.8) is 0 Å². The van der Waals surface area contributed by atoms with Crippen LogP contribution in [0.25, 0.3) is 21.7 Å². The zero-order chi connectivity index (χ0) is 31.4. The van der Waals surface area contributed by atoms with Crippen molar-refractivity contribution in [2.75, 3.05) is 18.5 Å². The Morgan fingerprint density at radius 1 is 1.30 bits per heavy atom. The van der Waals surface area contributed by atoms with Crippen molar-refractivity contribution in [1.29, 1.82) is 5.26 Å². The predicted molar refractivity (Wildman–Crippen MR) is 169 cm³/mol. The third-order valence-electron chi connectivity index (χ3n) is 7.43. The van der Waals surface area contributed by atoms with Crippen molar-refractivity contribution in [1.82, 2.24) is 24.8 Å². The molecule has 0 spiro atoms. The summed E-state index contributed by atoms with van der Waals surface area (Å²) >= 11 is 1.29. The van der Waals surface area contributed by atoms with Crippen LogP contribution in [0.3, 0.4) is 0 Å². The molecule has 0 bridgehead atoms. The molecular weight excluding hydrogens is 578 g/mol. The van der Waals surface area contributed by atoms with E-state index in [2.05, 4.69) is 21.7 Å². The number of nitrogens with zero attached hydrogens (tertiary/aromatic N) is 5. The highest BCUT2D eigenvalue weighted by Gasteiger charge is 2.32. The van der Waals surface area contributed by atoms with Crippen LogP contribution in [0.4, 0.5) is 5.95 Å². The predicted octanol–water partition coefficient (Wildman–Crippen LogP) is 4.96. The largest absolute Gasteiger partial charge is 0.443 e. The molecule has 11 nitrogen and oxygen atoms in total. The molecule has 1 fully saturated rings. The summed E-state index contributed by atoms with van der Waals surface area (Å²) in [5.74, 6) is 0.375. The molecule has 2 amide bonds. The van der Waals surface area contributed by atoms with E-state index in [0.717, 1.165) is 28.8 Å². The number of hydrogen-bond donors (Lipinski definition) is 3. The number of fused-ring (bicyclic) bond motifs is 1. The number of amides is 2. The van der Waals surface area contributed by atoms with E-state index in [1.807, 2.05) is 56.5 Å². The first-order valence-corrected chi connectivity index (χ1v) is 15.5. The molecule has 230 valence electrons. The van der Waals surface area contributed by atoms with Gasteiger partial charge in [0.1, 0.15) is 11.6 Å². The quantitative estimate of drug-likeness (QED) is 0.167. The summed E-state index contributed by atoms with van der Waals surface area (Å²) in [6.45, 7) is 9.32. The van der Waals surface area contributed by atoms with Gasteiger partial charge >= 0.3 is 0 Å². The molecule has 4 heterocycles. The number of hydrogen-bond acceptors (Lipinski definition) is 9. The smallest absolute Gasteiger partial charge is 0.268 e. The van der Waals surface area contributed by atoms with Gasteiger partial charge in [0.25, 0.3) is 11.8 Å². The molecule has 2 atom stereocenters.